The number of anilines is 1. The van der Waals surface area contributed by atoms with Crippen LogP contribution in [0.2, 0.25) is 5.02 Å². The molecule has 1 saturated heterocycles. The molecule has 1 atom stereocenters. The van der Waals surface area contributed by atoms with E-state index in [9.17, 15) is 14.7 Å². The summed E-state index contributed by atoms with van der Waals surface area (Å²) in [4.78, 5) is 27.6. The summed E-state index contributed by atoms with van der Waals surface area (Å²) in [6, 6.07) is 10.0. The molecule has 1 amide bonds. The van der Waals surface area contributed by atoms with E-state index < -0.39 is 23.5 Å². The fourth-order valence-corrected chi connectivity index (χ4v) is 4.18. The molecule has 0 saturated carbocycles. The molecular weight excluding hydrogens is 464 g/mol. The fraction of sp³-hybridized carbons (Fsp3) is 0.208. The summed E-state index contributed by atoms with van der Waals surface area (Å²) in [6.45, 7) is 1.66. The van der Waals surface area contributed by atoms with Crippen molar-refractivity contribution in [2.45, 2.75) is 13.0 Å². The van der Waals surface area contributed by atoms with Crippen molar-refractivity contribution < 1.29 is 33.4 Å². The van der Waals surface area contributed by atoms with Gasteiger partial charge in [-0.1, -0.05) is 28.9 Å². The highest BCUT2D eigenvalue weighted by atomic mass is 35.5. The molecular formula is C24H21ClN2O7. The molecule has 176 valence electrons. The normalized spacial score (nSPS) is 17.2. The van der Waals surface area contributed by atoms with Gasteiger partial charge < -0.3 is 23.8 Å². The molecule has 2 heterocycles. The van der Waals surface area contributed by atoms with Crippen molar-refractivity contribution in [2.75, 3.05) is 26.2 Å². The minimum absolute atomic E-state index is 0.112. The van der Waals surface area contributed by atoms with Crippen molar-refractivity contribution in [1.29, 1.82) is 0 Å². The molecule has 0 unspecified atom stereocenters. The summed E-state index contributed by atoms with van der Waals surface area (Å²) in [7, 11) is 4.37. The quantitative estimate of drug-likeness (QED) is 0.313. The van der Waals surface area contributed by atoms with Crippen LogP contribution in [0.5, 0.6) is 17.2 Å². The summed E-state index contributed by atoms with van der Waals surface area (Å²) in [5.74, 6) is -0.584. The van der Waals surface area contributed by atoms with E-state index in [1.165, 1.54) is 39.5 Å². The van der Waals surface area contributed by atoms with Crippen molar-refractivity contribution in [3.8, 4) is 17.2 Å². The number of Topliss-reactive ketones (excluding diaryl/α,β-unsaturated/α-hetero) is 1. The van der Waals surface area contributed by atoms with Gasteiger partial charge in [-0.25, -0.2) is 0 Å². The van der Waals surface area contributed by atoms with E-state index in [2.05, 4.69) is 5.16 Å². The standard InChI is InChI=1S/C24H21ClN2O7/c1-12-10-18(26-34-12)27-20(14-6-5-7-17(32-3)23(14)33-4)19(22(29)24(27)30)21(28)13-8-9-16(31-2)15(25)11-13/h5-11,20,28H,1-4H3/t20-/m0/s1. The van der Waals surface area contributed by atoms with E-state index >= 15 is 0 Å². The van der Waals surface area contributed by atoms with Crippen LogP contribution >= 0.6 is 11.6 Å². The Morgan fingerprint density at radius 1 is 1.06 bits per heavy atom. The number of nitrogens with zero attached hydrogens (tertiary/aromatic N) is 2. The first-order chi connectivity index (χ1) is 16.3. The van der Waals surface area contributed by atoms with E-state index in [0.717, 1.165) is 4.90 Å². The van der Waals surface area contributed by atoms with Gasteiger partial charge in [0.1, 0.15) is 23.3 Å². The fourth-order valence-electron chi connectivity index (χ4n) is 3.93. The highest BCUT2D eigenvalue weighted by molar-refractivity contribution is 6.51. The number of para-hydroxylation sites is 1. The third-order valence-electron chi connectivity index (χ3n) is 5.46. The van der Waals surface area contributed by atoms with Crippen LogP contribution in [0.25, 0.3) is 5.76 Å². The number of benzene rings is 2. The third-order valence-corrected chi connectivity index (χ3v) is 5.76. The van der Waals surface area contributed by atoms with Crippen LogP contribution in [0.4, 0.5) is 5.82 Å². The highest BCUT2D eigenvalue weighted by Crippen LogP contribution is 2.47. The van der Waals surface area contributed by atoms with Gasteiger partial charge in [0.05, 0.1) is 31.9 Å². The number of ether oxygens (including phenoxy) is 3. The molecule has 34 heavy (non-hydrogen) atoms. The van der Waals surface area contributed by atoms with Crippen LogP contribution in [0.3, 0.4) is 0 Å². The number of carbonyl (C=O) groups excluding carboxylic acids is 2. The monoisotopic (exact) mass is 484 g/mol. The molecule has 1 aliphatic rings. The van der Waals surface area contributed by atoms with E-state index in [0.29, 0.717) is 28.6 Å². The number of rotatable bonds is 6. The number of hydrogen-bond donors (Lipinski definition) is 1. The molecule has 10 heteroatoms. The Balaban J connectivity index is 2.00. The van der Waals surface area contributed by atoms with Crippen molar-refractivity contribution >= 4 is 34.9 Å². The highest BCUT2D eigenvalue weighted by Gasteiger charge is 2.49. The third kappa shape index (κ3) is 3.73. The van der Waals surface area contributed by atoms with E-state index in [1.807, 2.05) is 0 Å². The molecule has 1 N–H and O–H groups in total. The summed E-state index contributed by atoms with van der Waals surface area (Å²) < 4.78 is 21.3. The Morgan fingerprint density at radius 2 is 1.79 bits per heavy atom. The van der Waals surface area contributed by atoms with Crippen molar-refractivity contribution in [3.63, 3.8) is 0 Å². The molecule has 4 rings (SSSR count). The largest absolute Gasteiger partial charge is 0.507 e. The Morgan fingerprint density at radius 3 is 2.38 bits per heavy atom. The Hall–Kier alpha value is -3.98. The van der Waals surface area contributed by atoms with Crippen LogP contribution < -0.4 is 19.1 Å². The molecule has 0 spiro atoms. The number of ketones is 1. The lowest BCUT2D eigenvalue weighted by molar-refractivity contribution is -0.132. The zero-order valence-corrected chi connectivity index (χ0v) is 19.5. The zero-order chi connectivity index (χ0) is 24.6. The first kappa shape index (κ1) is 23.2. The van der Waals surface area contributed by atoms with E-state index in [4.69, 9.17) is 30.3 Å². The number of hydrogen-bond acceptors (Lipinski definition) is 8. The number of methoxy groups -OCH3 is 3. The number of aliphatic hydroxyl groups excluding tert-OH is 1. The van der Waals surface area contributed by atoms with Gasteiger partial charge in [-0.2, -0.15) is 0 Å². The second-order valence-corrected chi connectivity index (χ2v) is 7.80. The Labute approximate surface area is 200 Å². The number of amides is 1. The number of halogens is 1. The topological polar surface area (TPSA) is 111 Å². The Kier molecular flexibility index (Phi) is 6.21. The van der Waals surface area contributed by atoms with E-state index in [1.54, 1.807) is 31.2 Å². The van der Waals surface area contributed by atoms with E-state index in [-0.39, 0.29) is 22.0 Å². The summed E-state index contributed by atoms with van der Waals surface area (Å²) in [5.41, 5.74) is 0.466. The van der Waals surface area contributed by atoms with Crippen molar-refractivity contribution in [1.82, 2.24) is 5.16 Å². The smallest absolute Gasteiger partial charge is 0.301 e. The van der Waals surface area contributed by atoms with Crippen LogP contribution in [-0.4, -0.2) is 43.3 Å². The molecule has 1 fully saturated rings. The van der Waals surface area contributed by atoms with Gasteiger partial charge in [-0.3, -0.25) is 14.5 Å². The van der Waals surface area contributed by atoms with Gasteiger partial charge in [0.25, 0.3) is 5.78 Å². The summed E-state index contributed by atoms with van der Waals surface area (Å²) in [6.07, 6.45) is 0. The number of aliphatic hydroxyl groups is 1. The van der Waals surface area contributed by atoms with Gasteiger partial charge in [-0.05, 0) is 31.2 Å². The average molecular weight is 485 g/mol. The molecule has 9 nitrogen and oxygen atoms in total. The number of carbonyl (C=O) groups is 2. The molecule has 1 aliphatic heterocycles. The molecule has 3 aromatic rings. The predicted octanol–water partition coefficient (Wildman–Crippen LogP) is 4.29. The second-order valence-electron chi connectivity index (χ2n) is 7.40. The first-order valence-electron chi connectivity index (χ1n) is 10.1. The SMILES string of the molecule is COc1ccc(C(O)=C2C(=O)C(=O)N(c3cc(C)on3)[C@H]2c2cccc(OC)c2OC)cc1Cl. The maximum atomic E-state index is 13.3. The van der Waals surface area contributed by atoms with Crippen LogP contribution in [0, 0.1) is 6.92 Å². The number of aryl methyl sites for hydroxylation is 1. The first-order valence-corrected chi connectivity index (χ1v) is 10.5. The molecule has 0 radical (unpaired) electrons. The van der Waals surface area contributed by atoms with Gasteiger partial charge in [0.15, 0.2) is 17.3 Å². The number of aromatic nitrogens is 1. The van der Waals surface area contributed by atoms with Gasteiger partial charge >= 0.3 is 5.91 Å². The van der Waals surface area contributed by atoms with Crippen LogP contribution in [0.15, 0.2) is 52.6 Å². The van der Waals surface area contributed by atoms with Gasteiger partial charge in [0.2, 0.25) is 0 Å². The molecule has 0 aliphatic carbocycles. The minimum Gasteiger partial charge on any atom is -0.507 e. The molecule has 2 aromatic carbocycles. The lowest BCUT2D eigenvalue weighted by Crippen LogP contribution is -2.30. The maximum absolute atomic E-state index is 13.3. The average Bonchev–Trinajstić information content (AvgIpc) is 3.38. The van der Waals surface area contributed by atoms with Gasteiger partial charge in [-0.15, -0.1) is 0 Å². The Bertz CT molecular complexity index is 1310. The van der Waals surface area contributed by atoms with Crippen molar-refractivity contribution in [3.05, 3.63) is 69.9 Å². The summed E-state index contributed by atoms with van der Waals surface area (Å²) in [5, 5.41) is 15.4. The maximum Gasteiger partial charge on any atom is 0.301 e. The van der Waals surface area contributed by atoms with Crippen LogP contribution in [0.1, 0.15) is 22.9 Å². The molecule has 1 aromatic heterocycles. The van der Waals surface area contributed by atoms with Gasteiger partial charge in [0, 0.05) is 17.2 Å². The predicted molar refractivity (Wildman–Crippen MR) is 124 cm³/mol. The zero-order valence-electron chi connectivity index (χ0n) is 18.8. The molecule has 0 bridgehead atoms. The second kappa shape index (κ2) is 9.11. The lowest BCUT2D eigenvalue weighted by Gasteiger charge is -2.25. The minimum atomic E-state index is -1.09. The van der Waals surface area contributed by atoms with Crippen molar-refractivity contribution in [2.24, 2.45) is 0 Å². The summed E-state index contributed by atoms with van der Waals surface area (Å²) >= 11 is 6.23. The lowest BCUT2D eigenvalue weighted by atomic mass is 9.94. The van der Waals surface area contributed by atoms with Crippen LogP contribution in [-0.2, 0) is 9.59 Å².